The zero-order valence-corrected chi connectivity index (χ0v) is 16.0. The van der Waals surface area contributed by atoms with Crippen molar-refractivity contribution < 1.29 is 14.7 Å². The van der Waals surface area contributed by atoms with E-state index in [2.05, 4.69) is 16.4 Å². The molecule has 2 rings (SSSR count). The first-order chi connectivity index (χ1) is 13.5. The number of benzene rings is 1. The predicted octanol–water partition coefficient (Wildman–Crippen LogP) is 3.83. The van der Waals surface area contributed by atoms with Crippen LogP contribution in [0.1, 0.15) is 44.4 Å². The molecule has 1 aromatic carbocycles. The van der Waals surface area contributed by atoms with Crippen molar-refractivity contribution in [3.63, 3.8) is 0 Å². The Morgan fingerprint density at radius 1 is 1.21 bits per heavy atom. The summed E-state index contributed by atoms with van der Waals surface area (Å²) in [6, 6.07) is 13.0. The lowest BCUT2D eigenvalue weighted by Crippen LogP contribution is -2.24. The van der Waals surface area contributed by atoms with Crippen molar-refractivity contribution in [2.45, 2.75) is 39.5 Å². The lowest BCUT2D eigenvalue weighted by molar-refractivity contribution is -0.132. The molecule has 1 heterocycles. The third kappa shape index (κ3) is 5.52. The van der Waals surface area contributed by atoms with E-state index in [9.17, 15) is 20.0 Å². The van der Waals surface area contributed by atoms with Crippen LogP contribution in [0.3, 0.4) is 0 Å². The first kappa shape index (κ1) is 20.8. The van der Waals surface area contributed by atoms with E-state index in [-0.39, 0.29) is 17.9 Å². The van der Waals surface area contributed by atoms with Gasteiger partial charge >= 0.3 is 5.97 Å². The van der Waals surface area contributed by atoms with Gasteiger partial charge in [0.15, 0.2) is 0 Å². The lowest BCUT2D eigenvalue weighted by Gasteiger charge is -2.13. The highest BCUT2D eigenvalue weighted by Crippen LogP contribution is 2.23. The molecule has 0 atom stereocenters. The van der Waals surface area contributed by atoms with Crippen LogP contribution >= 0.6 is 0 Å². The number of aliphatic carboxylic acids is 1. The highest BCUT2D eigenvalue weighted by molar-refractivity contribution is 5.89. The van der Waals surface area contributed by atoms with Crippen LogP contribution in [0.25, 0.3) is 11.1 Å². The fourth-order valence-corrected chi connectivity index (χ4v) is 2.87. The lowest BCUT2D eigenvalue weighted by atomic mass is 10.00. The maximum atomic E-state index is 11.8. The SMILES string of the molecule is CCCC/C(NC(C)=O)=C(/Cc1ccc(-c2ccccc2C#N)cn1)C(=O)O. The van der Waals surface area contributed by atoms with Crippen LogP contribution in [-0.4, -0.2) is 22.0 Å². The normalized spacial score (nSPS) is 11.3. The molecular formula is C22H23N3O3. The number of carbonyl (C=O) groups excluding carboxylic acids is 1. The number of nitrogens with zero attached hydrogens (tertiary/aromatic N) is 2. The third-order valence-corrected chi connectivity index (χ3v) is 4.27. The number of pyridine rings is 1. The number of carboxylic acids is 1. The standard InChI is InChI=1S/C22H23N3O3/c1-3-4-9-21(25-15(2)26)20(22(27)28)12-18-11-10-17(14-24-18)19-8-6-5-7-16(19)13-23/h5-8,10-11,14H,3-4,9,12H2,1-2H3,(H,25,26)(H,27,28)/b21-20+. The average molecular weight is 377 g/mol. The number of hydrogen-bond donors (Lipinski definition) is 2. The number of unbranched alkanes of at least 4 members (excludes halogenated alkanes) is 1. The number of carbonyl (C=O) groups is 2. The molecule has 0 aliphatic carbocycles. The van der Waals surface area contributed by atoms with E-state index >= 15 is 0 Å². The summed E-state index contributed by atoms with van der Waals surface area (Å²) in [5, 5.41) is 21.6. The van der Waals surface area contributed by atoms with Crippen LogP contribution in [0.5, 0.6) is 0 Å². The fraction of sp³-hybridized carbons (Fsp3) is 0.273. The van der Waals surface area contributed by atoms with Gasteiger partial charge in [-0.2, -0.15) is 5.26 Å². The molecule has 1 aromatic heterocycles. The van der Waals surface area contributed by atoms with E-state index in [1.54, 1.807) is 24.4 Å². The molecule has 0 saturated carbocycles. The number of allylic oxidation sites excluding steroid dienone is 1. The first-order valence-corrected chi connectivity index (χ1v) is 9.13. The molecule has 144 valence electrons. The first-order valence-electron chi connectivity index (χ1n) is 9.13. The van der Waals surface area contributed by atoms with Crippen molar-refractivity contribution in [1.29, 1.82) is 5.26 Å². The minimum Gasteiger partial charge on any atom is -0.478 e. The summed E-state index contributed by atoms with van der Waals surface area (Å²) >= 11 is 0. The van der Waals surface area contributed by atoms with Crippen molar-refractivity contribution in [3.8, 4) is 17.2 Å². The Kier molecular flexibility index (Phi) is 7.46. The molecule has 0 aliphatic rings. The summed E-state index contributed by atoms with van der Waals surface area (Å²) in [7, 11) is 0. The molecule has 1 amide bonds. The Bertz CT molecular complexity index is 925. The van der Waals surface area contributed by atoms with Gasteiger partial charge in [-0.1, -0.05) is 37.6 Å². The summed E-state index contributed by atoms with van der Waals surface area (Å²) in [6.45, 7) is 3.37. The molecule has 0 radical (unpaired) electrons. The van der Waals surface area contributed by atoms with E-state index in [1.165, 1.54) is 6.92 Å². The van der Waals surface area contributed by atoms with Crippen LogP contribution in [0.15, 0.2) is 53.9 Å². The van der Waals surface area contributed by atoms with Gasteiger partial charge in [0.05, 0.1) is 17.2 Å². The van der Waals surface area contributed by atoms with Gasteiger partial charge in [0.2, 0.25) is 5.91 Å². The molecule has 6 heteroatoms. The second kappa shape index (κ2) is 10.0. The number of rotatable bonds is 8. The fourth-order valence-electron chi connectivity index (χ4n) is 2.87. The highest BCUT2D eigenvalue weighted by atomic mass is 16.4. The number of carboxylic acid groups (broad SMARTS) is 1. The zero-order valence-electron chi connectivity index (χ0n) is 16.0. The Hall–Kier alpha value is -3.46. The van der Waals surface area contributed by atoms with Gasteiger partial charge in [-0.25, -0.2) is 4.79 Å². The molecule has 0 unspecified atom stereocenters. The topological polar surface area (TPSA) is 103 Å². The van der Waals surface area contributed by atoms with Gasteiger partial charge in [0, 0.05) is 42.1 Å². The average Bonchev–Trinajstić information content (AvgIpc) is 2.69. The van der Waals surface area contributed by atoms with Crippen molar-refractivity contribution in [3.05, 3.63) is 65.1 Å². The van der Waals surface area contributed by atoms with E-state index in [0.29, 0.717) is 23.4 Å². The van der Waals surface area contributed by atoms with Crippen molar-refractivity contribution >= 4 is 11.9 Å². The van der Waals surface area contributed by atoms with Gasteiger partial charge < -0.3 is 10.4 Å². The van der Waals surface area contributed by atoms with Crippen LogP contribution in [0.4, 0.5) is 0 Å². The Morgan fingerprint density at radius 3 is 2.54 bits per heavy atom. The number of nitriles is 1. The predicted molar refractivity (Wildman–Crippen MR) is 106 cm³/mol. The smallest absolute Gasteiger partial charge is 0.333 e. The molecule has 0 bridgehead atoms. The Labute approximate surface area is 164 Å². The van der Waals surface area contributed by atoms with Crippen molar-refractivity contribution in [1.82, 2.24) is 10.3 Å². The molecule has 0 fully saturated rings. The molecular weight excluding hydrogens is 354 g/mol. The van der Waals surface area contributed by atoms with E-state index in [1.807, 2.05) is 25.1 Å². The van der Waals surface area contributed by atoms with Crippen molar-refractivity contribution in [2.75, 3.05) is 0 Å². The minimum absolute atomic E-state index is 0.106. The van der Waals surface area contributed by atoms with Crippen LogP contribution in [-0.2, 0) is 16.0 Å². The Balaban J connectivity index is 2.33. The summed E-state index contributed by atoms with van der Waals surface area (Å²) in [4.78, 5) is 27.6. The molecule has 6 nitrogen and oxygen atoms in total. The molecule has 0 aliphatic heterocycles. The molecule has 2 aromatic rings. The number of aromatic nitrogens is 1. The Morgan fingerprint density at radius 2 is 1.96 bits per heavy atom. The quantitative estimate of drug-likeness (QED) is 0.681. The van der Waals surface area contributed by atoms with Crippen LogP contribution < -0.4 is 5.32 Å². The van der Waals surface area contributed by atoms with Gasteiger partial charge in [-0.05, 0) is 25.0 Å². The highest BCUT2D eigenvalue weighted by Gasteiger charge is 2.17. The van der Waals surface area contributed by atoms with E-state index < -0.39 is 5.97 Å². The van der Waals surface area contributed by atoms with Gasteiger partial charge in [0.25, 0.3) is 0 Å². The van der Waals surface area contributed by atoms with Crippen molar-refractivity contribution in [2.24, 2.45) is 0 Å². The van der Waals surface area contributed by atoms with E-state index in [0.717, 1.165) is 24.0 Å². The van der Waals surface area contributed by atoms with Gasteiger partial charge in [-0.3, -0.25) is 9.78 Å². The molecule has 0 saturated heterocycles. The molecule has 0 spiro atoms. The van der Waals surface area contributed by atoms with Crippen LogP contribution in [0, 0.1) is 11.3 Å². The maximum Gasteiger partial charge on any atom is 0.333 e. The summed E-state index contributed by atoms with van der Waals surface area (Å²) in [5.41, 5.74) is 3.27. The van der Waals surface area contributed by atoms with Crippen LogP contribution in [0.2, 0.25) is 0 Å². The third-order valence-electron chi connectivity index (χ3n) is 4.27. The van der Waals surface area contributed by atoms with E-state index in [4.69, 9.17) is 0 Å². The second-order valence-corrected chi connectivity index (χ2v) is 6.42. The zero-order chi connectivity index (χ0) is 20.5. The minimum atomic E-state index is -1.07. The number of hydrogen-bond acceptors (Lipinski definition) is 4. The summed E-state index contributed by atoms with van der Waals surface area (Å²) < 4.78 is 0. The van der Waals surface area contributed by atoms with Gasteiger partial charge in [-0.15, -0.1) is 0 Å². The monoisotopic (exact) mass is 377 g/mol. The maximum absolute atomic E-state index is 11.8. The van der Waals surface area contributed by atoms with Gasteiger partial charge in [0.1, 0.15) is 0 Å². The molecule has 2 N–H and O–H groups in total. The largest absolute Gasteiger partial charge is 0.478 e. The number of nitrogens with one attached hydrogen (secondary N) is 1. The number of amides is 1. The summed E-state index contributed by atoms with van der Waals surface area (Å²) in [5.74, 6) is -1.36. The second-order valence-electron chi connectivity index (χ2n) is 6.42. The summed E-state index contributed by atoms with van der Waals surface area (Å²) in [6.07, 6.45) is 3.90. The molecule has 28 heavy (non-hydrogen) atoms.